The molecule has 0 N–H and O–H groups in total. The molecule has 3 heterocycles. The van der Waals surface area contributed by atoms with Crippen LogP contribution in [0.15, 0.2) is 227 Å². The van der Waals surface area contributed by atoms with Crippen LogP contribution in [0, 0.1) is 0 Å². The average molecular weight is 838 g/mol. The van der Waals surface area contributed by atoms with Gasteiger partial charge in [0.1, 0.15) is 11.2 Å². The maximum atomic E-state index is 6.66. The minimum Gasteiger partial charge on any atom is -0.455 e. The van der Waals surface area contributed by atoms with Crippen molar-refractivity contribution in [1.82, 2.24) is 4.57 Å². The van der Waals surface area contributed by atoms with E-state index in [2.05, 4.69) is 175 Å². The Morgan fingerprint density at radius 3 is 1.88 bits per heavy atom. The van der Waals surface area contributed by atoms with E-state index in [1.54, 1.807) is 11.3 Å². The number of thiophene rings is 1. The third kappa shape index (κ3) is 6.36. The maximum Gasteiger partial charge on any atom is 0.160 e. The second-order valence-electron chi connectivity index (χ2n) is 16.2. The van der Waals surface area contributed by atoms with Crippen LogP contribution in [0.4, 0.5) is 0 Å². The summed E-state index contributed by atoms with van der Waals surface area (Å²) in [5, 5.41) is 6.94. The summed E-state index contributed by atoms with van der Waals surface area (Å²) >= 11 is 1.78. The van der Waals surface area contributed by atoms with Gasteiger partial charge in [-0.3, -0.25) is 0 Å². The molecule has 0 saturated carbocycles. The van der Waals surface area contributed by atoms with Crippen LogP contribution in [0.3, 0.4) is 0 Å². The van der Waals surface area contributed by atoms with Gasteiger partial charge in [0.2, 0.25) is 0 Å². The quantitative estimate of drug-likeness (QED) is 0.116. The first-order chi connectivity index (χ1) is 31.6. The van der Waals surface area contributed by atoms with E-state index in [1.807, 2.05) is 49.4 Å². The van der Waals surface area contributed by atoms with Gasteiger partial charge >= 0.3 is 0 Å². The monoisotopic (exact) mass is 837 g/mol. The van der Waals surface area contributed by atoms with Gasteiger partial charge in [-0.15, -0.1) is 11.3 Å². The Morgan fingerprint density at radius 2 is 1.11 bits per heavy atom. The highest BCUT2D eigenvalue weighted by molar-refractivity contribution is 7.26. The predicted octanol–water partition coefficient (Wildman–Crippen LogP) is 16.3. The predicted molar refractivity (Wildman–Crippen MR) is 272 cm³/mol. The van der Waals surface area contributed by atoms with Crippen molar-refractivity contribution in [1.29, 1.82) is 0 Å². The van der Waals surface area contributed by atoms with Crippen LogP contribution < -0.4 is 0 Å². The molecule has 9 aromatic carbocycles. The molecule has 0 amide bonds. The summed E-state index contributed by atoms with van der Waals surface area (Å²) in [6, 6.07) is 72.7. The number of rotatable bonds is 7. The van der Waals surface area contributed by atoms with E-state index >= 15 is 0 Å². The van der Waals surface area contributed by atoms with Crippen molar-refractivity contribution in [2.75, 3.05) is 0 Å². The Hall–Kier alpha value is -8.12. The molecular weight excluding hydrogens is 799 g/mol. The fourth-order valence-electron chi connectivity index (χ4n) is 9.22. The second-order valence-corrected chi connectivity index (χ2v) is 17.3. The van der Waals surface area contributed by atoms with E-state index in [0.717, 1.165) is 98.8 Å². The second kappa shape index (κ2) is 15.3. The fraction of sp³-hybridized carbons (Fsp3) is 0.0169. The van der Waals surface area contributed by atoms with Gasteiger partial charge in [-0.1, -0.05) is 152 Å². The highest BCUT2D eigenvalue weighted by atomic mass is 32.1. The summed E-state index contributed by atoms with van der Waals surface area (Å²) in [5.41, 5.74) is 14.2. The first-order valence-electron chi connectivity index (χ1n) is 21.5. The summed E-state index contributed by atoms with van der Waals surface area (Å²) < 4.78 is 11.4. The lowest BCUT2D eigenvalue weighted by atomic mass is 9.96. The van der Waals surface area contributed by atoms with Crippen molar-refractivity contribution < 1.29 is 4.42 Å². The molecule has 0 radical (unpaired) electrons. The molecule has 3 aromatic heterocycles. The van der Waals surface area contributed by atoms with Crippen molar-refractivity contribution in [3.8, 4) is 27.9 Å². The Labute approximate surface area is 374 Å². The number of furan rings is 1. The first kappa shape index (κ1) is 37.6. The Kier molecular flexibility index (Phi) is 9.02. The smallest absolute Gasteiger partial charge is 0.160 e. The molecule has 0 aliphatic heterocycles. The van der Waals surface area contributed by atoms with Crippen LogP contribution in [0.25, 0.3) is 97.6 Å². The number of benzene rings is 9. The van der Waals surface area contributed by atoms with E-state index in [0.29, 0.717) is 11.5 Å². The highest BCUT2D eigenvalue weighted by Gasteiger charge is 2.20. The van der Waals surface area contributed by atoms with Gasteiger partial charge in [-0.25, -0.2) is 9.98 Å². The summed E-state index contributed by atoms with van der Waals surface area (Å²) in [4.78, 5) is 10.3. The molecule has 0 saturated heterocycles. The van der Waals surface area contributed by atoms with Gasteiger partial charge < -0.3 is 8.98 Å². The van der Waals surface area contributed by atoms with Crippen molar-refractivity contribution >= 4 is 92.5 Å². The number of nitrogens with zero attached hydrogens (tertiary/aromatic N) is 3. The van der Waals surface area contributed by atoms with Crippen LogP contribution in [0.5, 0.6) is 0 Å². The third-order valence-corrected chi connectivity index (χ3v) is 13.6. The van der Waals surface area contributed by atoms with Crippen molar-refractivity contribution in [3.05, 3.63) is 230 Å². The van der Waals surface area contributed by atoms with Gasteiger partial charge in [0.15, 0.2) is 5.84 Å². The molecule has 64 heavy (non-hydrogen) atoms. The van der Waals surface area contributed by atoms with Crippen LogP contribution in [0.2, 0.25) is 0 Å². The number of amidine groups is 1. The number of aromatic nitrogens is 1. The molecule has 0 fully saturated rings. The summed E-state index contributed by atoms with van der Waals surface area (Å²) in [7, 11) is 0. The third-order valence-electron chi connectivity index (χ3n) is 12.4. The number of fused-ring (bicyclic) bond motifs is 10. The molecular formula is C59H39N3OS. The van der Waals surface area contributed by atoms with Gasteiger partial charge in [-0.05, 0) is 95.4 Å². The lowest BCUT2D eigenvalue weighted by molar-refractivity contribution is 0.673. The van der Waals surface area contributed by atoms with E-state index in [4.69, 9.17) is 14.4 Å². The highest BCUT2D eigenvalue weighted by Crippen LogP contribution is 2.44. The van der Waals surface area contributed by atoms with Gasteiger partial charge in [0, 0.05) is 58.9 Å². The molecule has 0 unspecified atom stereocenters. The molecule has 302 valence electrons. The number of para-hydroxylation sites is 2. The Morgan fingerprint density at radius 1 is 0.500 bits per heavy atom. The molecule has 5 heteroatoms. The van der Waals surface area contributed by atoms with Crippen molar-refractivity contribution in [2.45, 2.75) is 6.92 Å². The molecule has 12 rings (SSSR count). The molecule has 0 aliphatic carbocycles. The molecule has 0 bridgehead atoms. The maximum absolute atomic E-state index is 6.66. The van der Waals surface area contributed by atoms with Crippen molar-refractivity contribution in [3.63, 3.8) is 0 Å². The first-order valence-corrected chi connectivity index (χ1v) is 22.3. The van der Waals surface area contributed by atoms with E-state index < -0.39 is 0 Å². The summed E-state index contributed by atoms with van der Waals surface area (Å²) in [6.07, 6.45) is 0. The van der Waals surface area contributed by atoms with E-state index in [1.165, 1.54) is 15.5 Å². The Bertz CT molecular complexity index is 3840. The molecule has 12 aromatic rings. The minimum atomic E-state index is 0.626. The van der Waals surface area contributed by atoms with E-state index in [9.17, 15) is 0 Å². The Balaban J connectivity index is 0.979. The number of aliphatic imine (C=N–C) groups is 2. The van der Waals surface area contributed by atoms with Gasteiger partial charge in [0.05, 0.1) is 22.1 Å². The zero-order valence-corrected chi connectivity index (χ0v) is 35.8. The molecule has 4 nitrogen and oxygen atoms in total. The zero-order chi connectivity index (χ0) is 42.7. The standard InChI is InChI=1S/C59H39N3OS/c1-37(39-16-6-3-7-17-39)60-59(42-18-8-4-9-19-42)61-38(2)49-35-44(36-50-47-23-13-15-25-55(47)64-58(49)50)41-28-26-40(27-29-41)43-30-32-52-51(34-43)56-53(62(52)45-20-10-5-11-21-45)33-31-48-46-22-12-14-24-54(46)63-57(48)56/h3-36H,2H2,1H3. The van der Waals surface area contributed by atoms with Crippen LogP contribution in [-0.4, -0.2) is 16.1 Å². The number of hydrogen-bond donors (Lipinski definition) is 0. The molecule has 0 aliphatic rings. The van der Waals surface area contributed by atoms with Crippen LogP contribution in [0.1, 0.15) is 23.6 Å². The lowest BCUT2D eigenvalue weighted by Crippen LogP contribution is -2.04. The van der Waals surface area contributed by atoms with Crippen LogP contribution >= 0.6 is 11.3 Å². The fourth-order valence-corrected chi connectivity index (χ4v) is 10.4. The largest absolute Gasteiger partial charge is 0.455 e. The molecule has 0 atom stereocenters. The topological polar surface area (TPSA) is 42.8 Å². The van der Waals surface area contributed by atoms with Crippen LogP contribution in [-0.2, 0) is 0 Å². The average Bonchev–Trinajstić information content (AvgIpc) is 4.04. The summed E-state index contributed by atoms with van der Waals surface area (Å²) in [6.45, 7) is 6.65. The van der Waals surface area contributed by atoms with Gasteiger partial charge in [0.25, 0.3) is 0 Å². The SMILES string of the molecule is C=C(N=C(N=C(C)c1ccccc1)c1ccccc1)c1cc(-c2ccc(-c3ccc4c(c3)c3c5oc6ccccc6c5ccc3n4-c3ccccc3)cc2)cc2c1sc1ccccc12. The normalized spacial score (nSPS) is 12.4. The molecule has 0 spiro atoms. The van der Waals surface area contributed by atoms with Crippen molar-refractivity contribution in [2.24, 2.45) is 9.98 Å². The minimum absolute atomic E-state index is 0.626. The van der Waals surface area contributed by atoms with Gasteiger partial charge in [-0.2, -0.15) is 0 Å². The lowest BCUT2D eigenvalue weighted by Gasteiger charge is -2.11. The summed E-state index contributed by atoms with van der Waals surface area (Å²) in [5.74, 6) is 0.626. The number of hydrogen-bond acceptors (Lipinski definition) is 3. The van der Waals surface area contributed by atoms with E-state index in [-0.39, 0.29) is 0 Å². The zero-order valence-electron chi connectivity index (χ0n) is 35.0.